The predicted molar refractivity (Wildman–Crippen MR) is 125 cm³/mol. The molecule has 1 fully saturated rings. The Morgan fingerprint density at radius 3 is 2.35 bits per heavy atom. The van der Waals surface area contributed by atoms with E-state index in [1.54, 1.807) is 12.1 Å². The summed E-state index contributed by atoms with van der Waals surface area (Å²) in [5.74, 6) is 0.670. The Kier molecular flexibility index (Phi) is 6.97. The maximum atomic E-state index is 13.0. The number of hydrogen-bond donors (Lipinski definition) is 9. The molecule has 2 aromatic carbocycles. The number of hydrazine groups is 3. The van der Waals surface area contributed by atoms with Gasteiger partial charge < -0.3 is 16.5 Å². The van der Waals surface area contributed by atoms with Crippen LogP contribution < -0.4 is 43.2 Å². The van der Waals surface area contributed by atoms with Crippen LogP contribution in [0.15, 0.2) is 40.1 Å². The first-order valence-electron chi connectivity index (χ1n) is 10.3. The van der Waals surface area contributed by atoms with Gasteiger partial charge in [0.25, 0.3) is 0 Å². The largest absolute Gasteiger partial charge is 0.342 e. The van der Waals surface area contributed by atoms with Gasteiger partial charge in [-0.2, -0.15) is 11.1 Å². The molecule has 34 heavy (non-hydrogen) atoms. The van der Waals surface area contributed by atoms with Gasteiger partial charge in [0.15, 0.2) is 0 Å². The van der Waals surface area contributed by atoms with Gasteiger partial charge >= 0.3 is 0 Å². The minimum atomic E-state index is -4.53. The van der Waals surface area contributed by atoms with Crippen molar-refractivity contribution in [3.05, 3.63) is 41.7 Å². The summed E-state index contributed by atoms with van der Waals surface area (Å²) in [7, 11) is -8.78. The molecular formula is C18H26N10O4S2. The maximum absolute atomic E-state index is 13.0. The summed E-state index contributed by atoms with van der Waals surface area (Å²) in [5.41, 5.74) is 24.3. The summed E-state index contributed by atoms with van der Waals surface area (Å²) in [4.78, 5) is 6.76. The third-order valence-electron chi connectivity index (χ3n) is 5.19. The Balaban J connectivity index is 2.05. The lowest BCUT2D eigenvalue weighted by molar-refractivity contribution is 0.533. The number of sulfonamides is 2. The van der Waals surface area contributed by atoms with Gasteiger partial charge in [-0.05, 0) is 24.2 Å². The van der Waals surface area contributed by atoms with Gasteiger partial charge in [0.05, 0.1) is 11.0 Å². The van der Waals surface area contributed by atoms with Gasteiger partial charge in [-0.1, -0.05) is 18.2 Å². The van der Waals surface area contributed by atoms with Crippen molar-refractivity contribution < 1.29 is 16.8 Å². The molecule has 14 nitrogen and oxygen atoms in total. The molecule has 0 aliphatic carbocycles. The molecule has 1 saturated heterocycles. The highest BCUT2D eigenvalue weighted by Gasteiger charge is 2.34. The summed E-state index contributed by atoms with van der Waals surface area (Å²) in [6, 6.07) is 8.10. The summed E-state index contributed by atoms with van der Waals surface area (Å²) < 4.78 is 53.9. The number of nitrogens with one attached hydrogen (secondary N) is 6. The molecule has 0 radical (unpaired) electrons. The number of benzene rings is 2. The topological polar surface area (TPSA) is 235 Å². The standard InChI is InChI=1S/C18H26N10O4S2/c19-7-6-14-23-12-3-1-2-11(16(12)24-14)10-4-5-13(34(31,32)22-9-8-20)17(33(21,29)30)15(10)18-25-27-28-26-18/h1-5,18,22,25-28H,6-9,19-20H2,(H,23,24)(H2,21,29,30). The van der Waals surface area contributed by atoms with Crippen molar-refractivity contribution in [2.75, 3.05) is 19.6 Å². The zero-order valence-corrected chi connectivity index (χ0v) is 19.6. The fraction of sp³-hybridized carbons (Fsp3) is 0.278. The Hall–Kier alpha value is -2.51. The van der Waals surface area contributed by atoms with Crippen molar-refractivity contribution in [2.24, 2.45) is 16.6 Å². The number of H-pyrrole nitrogens is 1. The van der Waals surface area contributed by atoms with Gasteiger partial charge in [0.1, 0.15) is 21.8 Å². The van der Waals surface area contributed by atoms with Crippen LogP contribution in [0, 0.1) is 0 Å². The molecular weight excluding hydrogens is 484 g/mol. The lowest BCUT2D eigenvalue weighted by Gasteiger charge is -2.21. The minimum Gasteiger partial charge on any atom is -0.342 e. The number of nitrogens with zero attached hydrogens (tertiary/aromatic N) is 1. The lowest BCUT2D eigenvalue weighted by atomic mass is 9.96. The number of hydrogen-bond acceptors (Lipinski definition) is 11. The summed E-state index contributed by atoms with van der Waals surface area (Å²) >= 11 is 0. The highest BCUT2D eigenvalue weighted by molar-refractivity contribution is 7.92. The van der Waals surface area contributed by atoms with E-state index in [1.165, 1.54) is 12.1 Å². The van der Waals surface area contributed by atoms with Gasteiger partial charge in [-0.25, -0.2) is 42.5 Å². The number of primary sulfonamides is 1. The average Bonchev–Trinajstić information content (AvgIpc) is 3.46. The molecule has 184 valence electrons. The molecule has 1 aromatic heterocycles. The molecule has 1 aliphatic rings. The number of rotatable bonds is 9. The molecule has 0 unspecified atom stereocenters. The quantitative estimate of drug-likeness (QED) is 0.149. The molecule has 0 bridgehead atoms. The fourth-order valence-corrected chi connectivity index (χ4v) is 6.53. The molecule has 0 atom stereocenters. The number of fused-ring (bicyclic) bond motifs is 1. The van der Waals surface area contributed by atoms with E-state index in [1.807, 2.05) is 6.07 Å². The second-order valence-electron chi connectivity index (χ2n) is 7.48. The van der Waals surface area contributed by atoms with Crippen LogP contribution in [0.4, 0.5) is 0 Å². The van der Waals surface area contributed by atoms with Gasteiger partial charge in [-0.15, -0.1) is 0 Å². The van der Waals surface area contributed by atoms with Crippen LogP contribution >= 0.6 is 0 Å². The molecule has 0 saturated carbocycles. The monoisotopic (exact) mass is 510 g/mol. The van der Waals surface area contributed by atoms with E-state index in [2.05, 4.69) is 36.6 Å². The van der Waals surface area contributed by atoms with Crippen molar-refractivity contribution in [1.29, 1.82) is 0 Å². The van der Waals surface area contributed by atoms with Gasteiger partial charge in [0, 0.05) is 30.6 Å². The van der Waals surface area contributed by atoms with E-state index < -0.39 is 36.0 Å². The van der Waals surface area contributed by atoms with Gasteiger partial charge in [0.2, 0.25) is 20.0 Å². The maximum Gasteiger partial charge on any atom is 0.241 e. The van der Waals surface area contributed by atoms with Crippen molar-refractivity contribution >= 4 is 31.1 Å². The van der Waals surface area contributed by atoms with Crippen molar-refractivity contribution in [3.8, 4) is 11.1 Å². The predicted octanol–water partition coefficient (Wildman–Crippen LogP) is -2.27. The molecule has 1 aliphatic heterocycles. The Morgan fingerprint density at radius 1 is 0.971 bits per heavy atom. The van der Waals surface area contributed by atoms with E-state index in [4.69, 9.17) is 16.6 Å². The minimum absolute atomic E-state index is 0.0285. The molecule has 16 heteroatoms. The third-order valence-corrected chi connectivity index (χ3v) is 7.83. The number of aromatic amines is 1. The van der Waals surface area contributed by atoms with E-state index in [0.29, 0.717) is 41.0 Å². The Morgan fingerprint density at radius 2 is 1.71 bits per heavy atom. The van der Waals surface area contributed by atoms with Crippen LogP contribution in [0.3, 0.4) is 0 Å². The van der Waals surface area contributed by atoms with Gasteiger partial charge in [-0.3, -0.25) is 0 Å². The average molecular weight is 511 g/mol. The fourth-order valence-electron chi connectivity index (χ4n) is 3.83. The Labute approximate surface area is 196 Å². The smallest absolute Gasteiger partial charge is 0.241 e. The molecule has 0 amide bonds. The number of imidazole rings is 1. The molecule has 0 spiro atoms. The van der Waals surface area contributed by atoms with Crippen molar-refractivity contribution in [3.63, 3.8) is 0 Å². The summed E-state index contributed by atoms with van der Waals surface area (Å²) in [6.07, 6.45) is -0.349. The van der Waals surface area contributed by atoms with Crippen LogP contribution in [-0.2, 0) is 26.5 Å². The first-order valence-corrected chi connectivity index (χ1v) is 13.3. The van der Waals surface area contributed by atoms with Crippen LogP contribution in [0.25, 0.3) is 22.2 Å². The molecule has 4 rings (SSSR count). The second kappa shape index (κ2) is 9.62. The Bertz CT molecular complexity index is 1420. The van der Waals surface area contributed by atoms with Crippen LogP contribution in [0.2, 0.25) is 0 Å². The van der Waals surface area contributed by atoms with Crippen LogP contribution in [0.5, 0.6) is 0 Å². The highest BCUT2D eigenvalue weighted by Crippen LogP contribution is 2.38. The van der Waals surface area contributed by atoms with E-state index in [9.17, 15) is 16.8 Å². The van der Waals surface area contributed by atoms with E-state index in [-0.39, 0.29) is 18.7 Å². The highest BCUT2D eigenvalue weighted by atomic mass is 32.2. The SMILES string of the molecule is NCCNS(=O)(=O)c1ccc(-c2cccc3[nH]c(CCN)nc23)c(C2NNNN2)c1S(N)(=O)=O. The lowest BCUT2D eigenvalue weighted by Crippen LogP contribution is -2.33. The second-order valence-corrected chi connectivity index (χ2v) is 10.7. The number of para-hydroxylation sites is 1. The van der Waals surface area contributed by atoms with Crippen molar-refractivity contribution in [1.82, 2.24) is 36.6 Å². The summed E-state index contributed by atoms with van der Waals surface area (Å²) in [6.45, 7) is 0.343. The van der Waals surface area contributed by atoms with Crippen LogP contribution in [-0.4, -0.2) is 46.4 Å². The van der Waals surface area contributed by atoms with E-state index in [0.717, 1.165) is 0 Å². The molecule has 3 aromatic rings. The first kappa shape index (κ1) is 24.6. The van der Waals surface area contributed by atoms with Crippen LogP contribution in [0.1, 0.15) is 17.6 Å². The first-order chi connectivity index (χ1) is 16.2. The normalized spacial score (nSPS) is 15.4. The van der Waals surface area contributed by atoms with E-state index >= 15 is 0 Å². The number of aromatic nitrogens is 2. The van der Waals surface area contributed by atoms with Crippen molar-refractivity contribution in [2.45, 2.75) is 22.4 Å². The third kappa shape index (κ3) is 4.68. The summed E-state index contributed by atoms with van der Waals surface area (Å²) in [5, 5.41) is 5.58. The zero-order chi connectivity index (χ0) is 24.5. The molecule has 12 N–H and O–H groups in total. The number of nitrogens with two attached hydrogens (primary N) is 3. The zero-order valence-electron chi connectivity index (χ0n) is 17.9. The molecule has 2 heterocycles.